The van der Waals surface area contributed by atoms with Gasteiger partial charge in [-0.25, -0.2) is 0 Å². The first-order valence-corrected chi connectivity index (χ1v) is 9.54. The van der Waals surface area contributed by atoms with Gasteiger partial charge in [0.1, 0.15) is 0 Å². The Bertz CT molecular complexity index is 764. The molecule has 0 bridgehead atoms. The van der Waals surface area contributed by atoms with Crippen LogP contribution in [0.3, 0.4) is 0 Å². The predicted octanol–water partition coefficient (Wildman–Crippen LogP) is 3.47. The monoisotopic (exact) mass is 512 g/mol. The Kier molecular flexibility index (Phi) is 11.3. The van der Waals surface area contributed by atoms with Gasteiger partial charge in [0.2, 0.25) is 0 Å². The fourth-order valence-electron chi connectivity index (χ4n) is 2.87. The Labute approximate surface area is 191 Å². The van der Waals surface area contributed by atoms with Gasteiger partial charge in [0.25, 0.3) is 0 Å². The molecule has 0 spiro atoms. The van der Waals surface area contributed by atoms with Crippen LogP contribution in [0.4, 0.5) is 5.69 Å². The minimum atomic E-state index is 0. The van der Waals surface area contributed by atoms with E-state index < -0.39 is 0 Å². The van der Waals surface area contributed by atoms with E-state index in [1.807, 2.05) is 32.3 Å². The number of benzene rings is 2. The molecule has 160 valence electrons. The van der Waals surface area contributed by atoms with Gasteiger partial charge in [0, 0.05) is 32.9 Å². The minimum Gasteiger partial charge on any atom is -0.493 e. The van der Waals surface area contributed by atoms with Crippen molar-refractivity contribution in [3.63, 3.8) is 0 Å². The smallest absolute Gasteiger partial charge is 0.188 e. The number of guanidine groups is 1. The molecule has 7 heteroatoms. The molecule has 6 nitrogen and oxygen atoms in total. The van der Waals surface area contributed by atoms with Crippen molar-refractivity contribution in [2.45, 2.75) is 19.3 Å². The lowest BCUT2D eigenvalue weighted by Gasteiger charge is -2.12. The summed E-state index contributed by atoms with van der Waals surface area (Å²) in [6.07, 6.45) is 2.80. The molecule has 0 radical (unpaired) electrons. The number of hydrogen-bond acceptors (Lipinski definition) is 4. The maximum Gasteiger partial charge on any atom is 0.188 e. The lowest BCUT2D eigenvalue weighted by molar-refractivity contribution is 0.354. The molecule has 0 aliphatic rings. The molecule has 29 heavy (non-hydrogen) atoms. The largest absolute Gasteiger partial charge is 0.493 e. The van der Waals surface area contributed by atoms with Crippen LogP contribution in [0.1, 0.15) is 17.5 Å². The second kappa shape index (κ2) is 13.1. The van der Waals surface area contributed by atoms with Crippen molar-refractivity contribution in [3.05, 3.63) is 53.6 Å². The maximum atomic E-state index is 5.96. The number of methoxy groups -OCH3 is 2. The van der Waals surface area contributed by atoms with Gasteiger partial charge >= 0.3 is 0 Å². The number of aryl methyl sites for hydroxylation is 1. The molecule has 0 saturated carbocycles. The van der Waals surface area contributed by atoms with Crippen LogP contribution in [0.25, 0.3) is 0 Å². The van der Waals surface area contributed by atoms with E-state index in [1.165, 1.54) is 11.3 Å². The lowest BCUT2D eigenvalue weighted by Crippen LogP contribution is -2.33. The van der Waals surface area contributed by atoms with Gasteiger partial charge < -0.3 is 25.4 Å². The molecule has 2 rings (SSSR count). The number of aliphatic imine (C=N–C) groups is 1. The van der Waals surface area contributed by atoms with E-state index in [4.69, 9.17) is 15.2 Å². The van der Waals surface area contributed by atoms with Crippen LogP contribution in [0.15, 0.2) is 47.5 Å². The van der Waals surface area contributed by atoms with E-state index in [1.54, 1.807) is 14.2 Å². The molecule has 0 saturated heterocycles. The molecule has 2 aromatic carbocycles. The molecule has 0 amide bonds. The molecular weight excluding hydrogens is 479 g/mol. The zero-order chi connectivity index (χ0) is 20.4. The normalized spacial score (nSPS) is 10.8. The van der Waals surface area contributed by atoms with Gasteiger partial charge in [-0.2, -0.15) is 0 Å². The van der Waals surface area contributed by atoms with Crippen LogP contribution in [0, 0.1) is 0 Å². The van der Waals surface area contributed by atoms with Crippen molar-refractivity contribution < 1.29 is 9.47 Å². The van der Waals surface area contributed by atoms with Gasteiger partial charge in [0.15, 0.2) is 17.5 Å². The number of ether oxygens (including phenoxy) is 2. The van der Waals surface area contributed by atoms with Crippen LogP contribution < -0.4 is 25.4 Å². The Morgan fingerprint density at radius 2 is 1.62 bits per heavy atom. The highest BCUT2D eigenvalue weighted by molar-refractivity contribution is 14.0. The fourth-order valence-corrected chi connectivity index (χ4v) is 2.87. The Morgan fingerprint density at radius 3 is 2.24 bits per heavy atom. The summed E-state index contributed by atoms with van der Waals surface area (Å²) in [6.45, 7) is 1.43. The average molecular weight is 512 g/mol. The molecule has 0 aliphatic carbocycles. The molecule has 2 aromatic rings. The summed E-state index contributed by atoms with van der Waals surface area (Å²) >= 11 is 0. The Hall–Kier alpha value is -2.16. The molecule has 0 unspecified atom stereocenters. The van der Waals surface area contributed by atoms with Gasteiger partial charge in [-0.1, -0.05) is 18.2 Å². The Balaban J connectivity index is 0.00000420. The van der Waals surface area contributed by atoms with Gasteiger partial charge in [0.05, 0.1) is 14.2 Å². The van der Waals surface area contributed by atoms with E-state index in [2.05, 4.69) is 39.5 Å². The number of halogens is 1. The molecule has 0 aliphatic heterocycles. The van der Waals surface area contributed by atoms with Crippen molar-refractivity contribution in [3.8, 4) is 11.5 Å². The standard InChI is InChI=1S/C22H32N4O2.HI/c1-26(2)19-10-7-17(8-11-19)6-5-14-24-22(23)25-15-13-18-9-12-20(27-3)21(16-18)28-4;/h7-12,16H,5-6,13-15H2,1-4H3,(H3,23,24,25);1H. The molecular formula is C22H33IN4O2. The number of nitrogens with zero attached hydrogens (tertiary/aromatic N) is 2. The van der Waals surface area contributed by atoms with Crippen LogP contribution >= 0.6 is 24.0 Å². The topological polar surface area (TPSA) is 72.1 Å². The molecule has 0 atom stereocenters. The van der Waals surface area contributed by atoms with E-state index in [-0.39, 0.29) is 24.0 Å². The van der Waals surface area contributed by atoms with Crippen LogP contribution in [-0.4, -0.2) is 47.4 Å². The first-order valence-electron chi connectivity index (χ1n) is 9.54. The highest BCUT2D eigenvalue weighted by atomic mass is 127. The van der Waals surface area contributed by atoms with Crippen LogP contribution in [0.2, 0.25) is 0 Å². The summed E-state index contributed by atoms with van der Waals surface area (Å²) in [7, 11) is 7.37. The number of anilines is 1. The van der Waals surface area contributed by atoms with Crippen molar-refractivity contribution in [2.75, 3.05) is 46.3 Å². The zero-order valence-corrected chi connectivity index (χ0v) is 20.1. The van der Waals surface area contributed by atoms with E-state index in [9.17, 15) is 0 Å². The number of nitrogens with two attached hydrogens (primary N) is 1. The molecule has 0 fully saturated rings. The first kappa shape index (κ1) is 24.9. The third-order valence-electron chi connectivity index (χ3n) is 4.53. The summed E-state index contributed by atoms with van der Waals surface area (Å²) in [6, 6.07) is 14.5. The molecule has 3 N–H and O–H groups in total. The predicted molar refractivity (Wildman–Crippen MR) is 132 cm³/mol. The summed E-state index contributed by atoms with van der Waals surface area (Å²) in [5.41, 5.74) is 9.65. The number of hydrogen-bond donors (Lipinski definition) is 2. The van der Waals surface area contributed by atoms with Gasteiger partial charge in [-0.15, -0.1) is 24.0 Å². The summed E-state index contributed by atoms with van der Waals surface area (Å²) < 4.78 is 10.6. The maximum absolute atomic E-state index is 5.96. The van der Waals surface area contributed by atoms with Gasteiger partial charge in [-0.05, 0) is 54.7 Å². The average Bonchev–Trinajstić information content (AvgIpc) is 2.71. The fraction of sp³-hybridized carbons (Fsp3) is 0.409. The van der Waals surface area contributed by atoms with Crippen molar-refractivity contribution >= 4 is 35.6 Å². The van der Waals surface area contributed by atoms with Crippen molar-refractivity contribution in [1.82, 2.24) is 5.32 Å². The molecule has 0 aromatic heterocycles. The van der Waals surface area contributed by atoms with E-state index in [0.29, 0.717) is 12.5 Å². The van der Waals surface area contributed by atoms with Crippen LogP contribution in [-0.2, 0) is 12.8 Å². The van der Waals surface area contributed by atoms with E-state index in [0.717, 1.165) is 42.9 Å². The third-order valence-corrected chi connectivity index (χ3v) is 4.53. The Morgan fingerprint density at radius 1 is 0.966 bits per heavy atom. The first-order chi connectivity index (χ1) is 13.5. The summed E-state index contributed by atoms with van der Waals surface area (Å²) in [4.78, 5) is 6.51. The summed E-state index contributed by atoms with van der Waals surface area (Å²) in [5, 5.41) is 3.17. The zero-order valence-electron chi connectivity index (χ0n) is 17.8. The quantitative estimate of drug-likeness (QED) is 0.221. The highest BCUT2D eigenvalue weighted by Gasteiger charge is 2.04. The number of nitrogens with one attached hydrogen (secondary N) is 1. The van der Waals surface area contributed by atoms with Gasteiger partial charge in [-0.3, -0.25) is 4.99 Å². The molecule has 0 heterocycles. The number of rotatable bonds is 10. The minimum absolute atomic E-state index is 0. The summed E-state index contributed by atoms with van der Waals surface area (Å²) in [5.74, 6) is 1.96. The second-order valence-corrected chi connectivity index (χ2v) is 6.80. The lowest BCUT2D eigenvalue weighted by atomic mass is 10.1. The highest BCUT2D eigenvalue weighted by Crippen LogP contribution is 2.27. The second-order valence-electron chi connectivity index (χ2n) is 6.80. The van der Waals surface area contributed by atoms with Crippen molar-refractivity contribution in [2.24, 2.45) is 10.7 Å². The van der Waals surface area contributed by atoms with E-state index >= 15 is 0 Å². The van der Waals surface area contributed by atoms with Crippen molar-refractivity contribution in [1.29, 1.82) is 0 Å². The van der Waals surface area contributed by atoms with Crippen LogP contribution in [0.5, 0.6) is 11.5 Å². The third kappa shape index (κ3) is 8.39. The SMILES string of the molecule is COc1ccc(CCNC(N)=NCCCc2ccc(N(C)C)cc2)cc1OC.I.